The van der Waals surface area contributed by atoms with Crippen molar-refractivity contribution in [1.82, 2.24) is 9.71 Å². The van der Waals surface area contributed by atoms with Gasteiger partial charge in [0.2, 0.25) is 11.5 Å². The monoisotopic (exact) mass is 618 g/mol. The van der Waals surface area contributed by atoms with Gasteiger partial charge in [-0.15, -0.1) is 11.3 Å². The van der Waals surface area contributed by atoms with E-state index in [0.29, 0.717) is 27.3 Å². The van der Waals surface area contributed by atoms with Gasteiger partial charge in [-0.1, -0.05) is 24.0 Å². The average Bonchev–Trinajstić information content (AvgIpc) is 3.54. The van der Waals surface area contributed by atoms with Crippen LogP contribution in [0.25, 0.3) is 10.9 Å². The number of rotatable bonds is 8. The molecule has 0 aliphatic rings. The SMILES string of the molecule is CC(=O)c1ccc(C#Cc2ccc(S(=O)(=O)NC(CC(O)(O)c3c(O)[nH]c4c(O)c(O)c(O)c(O)c34)C(=O)O)s2)cc1. The highest BCUT2D eigenvalue weighted by molar-refractivity contribution is 7.91. The summed E-state index contributed by atoms with van der Waals surface area (Å²) in [7, 11) is -4.58. The second-order valence-corrected chi connectivity index (χ2v) is 12.1. The number of Topliss-reactive ketones (excluding diaryl/α,β-unsaturated/α-hetero) is 1. The van der Waals surface area contributed by atoms with E-state index in [1.54, 1.807) is 24.3 Å². The summed E-state index contributed by atoms with van der Waals surface area (Å²) >= 11 is 0.694. The van der Waals surface area contributed by atoms with Crippen molar-refractivity contribution in [3.8, 4) is 40.7 Å². The molecule has 16 heteroatoms. The lowest BCUT2D eigenvalue weighted by Crippen LogP contribution is -2.45. The lowest BCUT2D eigenvalue weighted by Gasteiger charge is -2.25. The Morgan fingerprint density at radius 3 is 2.17 bits per heavy atom. The van der Waals surface area contributed by atoms with E-state index in [9.17, 15) is 58.9 Å². The summed E-state index contributed by atoms with van der Waals surface area (Å²) < 4.78 is 27.4. The van der Waals surface area contributed by atoms with Crippen LogP contribution in [0.15, 0.2) is 40.6 Å². The Hall–Kier alpha value is -4.79. The topological polar surface area (TPSA) is 258 Å². The number of thiophene rings is 1. The number of carbonyl (C=O) groups is 2. The number of carbonyl (C=O) groups excluding carboxylic acids is 1. The number of carboxylic acid groups (broad SMARTS) is 1. The second kappa shape index (κ2) is 10.9. The van der Waals surface area contributed by atoms with E-state index in [2.05, 4.69) is 16.8 Å². The van der Waals surface area contributed by atoms with Gasteiger partial charge in [0.15, 0.2) is 28.9 Å². The number of fused-ring (bicyclic) bond motifs is 1. The van der Waals surface area contributed by atoms with Gasteiger partial charge in [0, 0.05) is 17.5 Å². The first-order chi connectivity index (χ1) is 19.5. The van der Waals surface area contributed by atoms with Crippen molar-refractivity contribution in [2.45, 2.75) is 29.4 Å². The number of aromatic hydroxyl groups is 5. The zero-order chi connectivity index (χ0) is 31.1. The van der Waals surface area contributed by atoms with Crippen LogP contribution < -0.4 is 4.72 Å². The molecule has 0 radical (unpaired) electrons. The van der Waals surface area contributed by atoms with E-state index >= 15 is 0 Å². The highest BCUT2D eigenvalue weighted by Crippen LogP contribution is 2.53. The Labute approximate surface area is 240 Å². The van der Waals surface area contributed by atoms with Gasteiger partial charge in [0.05, 0.1) is 21.3 Å². The van der Waals surface area contributed by atoms with Crippen LogP contribution in [0.2, 0.25) is 0 Å². The minimum Gasteiger partial charge on any atom is -0.504 e. The number of carboxylic acids is 1. The summed E-state index contributed by atoms with van der Waals surface area (Å²) in [5.41, 5.74) is -0.618. The van der Waals surface area contributed by atoms with Crippen LogP contribution in [0.3, 0.4) is 0 Å². The lowest BCUT2D eigenvalue weighted by molar-refractivity contribution is -0.183. The van der Waals surface area contributed by atoms with Crippen LogP contribution in [0.4, 0.5) is 0 Å². The van der Waals surface area contributed by atoms with Gasteiger partial charge in [0.1, 0.15) is 10.3 Å². The fourth-order valence-corrected chi connectivity index (χ4v) is 6.38. The minimum absolute atomic E-state index is 0.121. The number of aliphatic carboxylic acids is 1. The summed E-state index contributed by atoms with van der Waals surface area (Å²) in [6, 6.07) is 6.70. The smallest absolute Gasteiger partial charge is 0.321 e. The third-order valence-corrected chi connectivity index (χ3v) is 9.04. The predicted molar refractivity (Wildman–Crippen MR) is 146 cm³/mol. The third-order valence-electron chi connectivity index (χ3n) is 6.08. The van der Waals surface area contributed by atoms with Crippen molar-refractivity contribution in [1.29, 1.82) is 0 Å². The molecule has 0 amide bonds. The lowest BCUT2D eigenvalue weighted by atomic mass is 9.96. The fourth-order valence-electron chi connectivity index (χ4n) is 4.02. The molecule has 1 unspecified atom stereocenters. The second-order valence-electron chi connectivity index (χ2n) is 9.03. The molecule has 4 rings (SSSR count). The van der Waals surface area contributed by atoms with Gasteiger partial charge in [-0.2, -0.15) is 4.72 Å². The van der Waals surface area contributed by atoms with Crippen molar-refractivity contribution in [2.24, 2.45) is 0 Å². The van der Waals surface area contributed by atoms with Crippen molar-refractivity contribution in [2.75, 3.05) is 0 Å². The van der Waals surface area contributed by atoms with E-state index in [-0.39, 0.29) is 9.99 Å². The number of phenolic OH excluding ortho intramolecular Hbond substituents is 4. The van der Waals surface area contributed by atoms with Gasteiger partial charge in [-0.05, 0) is 31.2 Å². The third kappa shape index (κ3) is 5.68. The summed E-state index contributed by atoms with van der Waals surface area (Å²) in [5.74, 6) is -5.65. The molecule has 1 atom stereocenters. The molecule has 0 aliphatic carbocycles. The molecular formula is C26H22N2O12S2. The fraction of sp³-hybridized carbons (Fsp3) is 0.154. The molecule has 0 fully saturated rings. The largest absolute Gasteiger partial charge is 0.504 e. The summed E-state index contributed by atoms with van der Waals surface area (Å²) in [6.45, 7) is 1.42. The number of hydrogen-bond donors (Lipinski definition) is 10. The maximum atomic E-state index is 13.0. The summed E-state index contributed by atoms with van der Waals surface area (Å²) in [6.07, 6.45) is -1.34. The Kier molecular flexibility index (Phi) is 7.82. The molecule has 2 aromatic heterocycles. The molecule has 0 aliphatic heterocycles. The molecule has 220 valence electrons. The van der Waals surface area contributed by atoms with Gasteiger partial charge >= 0.3 is 5.97 Å². The van der Waals surface area contributed by atoms with Crippen LogP contribution in [0.1, 0.15) is 39.7 Å². The molecule has 10 N–H and O–H groups in total. The maximum absolute atomic E-state index is 13.0. The number of H-pyrrole nitrogens is 1. The molecule has 0 saturated carbocycles. The van der Waals surface area contributed by atoms with Gasteiger partial charge < -0.3 is 45.8 Å². The average molecular weight is 619 g/mol. The quantitative estimate of drug-likeness (QED) is 0.0441. The summed E-state index contributed by atoms with van der Waals surface area (Å²) in [4.78, 5) is 25.7. The number of aromatic amines is 1. The van der Waals surface area contributed by atoms with E-state index in [1.807, 2.05) is 4.72 Å². The number of hydrogen-bond acceptors (Lipinski definition) is 12. The van der Waals surface area contributed by atoms with E-state index in [0.717, 1.165) is 6.07 Å². The first kappa shape index (κ1) is 30.2. The molecule has 14 nitrogen and oxygen atoms in total. The molecule has 0 spiro atoms. The first-order valence-electron chi connectivity index (χ1n) is 11.7. The number of sulfonamides is 1. The maximum Gasteiger partial charge on any atom is 0.321 e. The molecule has 42 heavy (non-hydrogen) atoms. The number of nitrogens with one attached hydrogen (secondary N) is 2. The van der Waals surface area contributed by atoms with Crippen molar-refractivity contribution >= 4 is 44.0 Å². The van der Waals surface area contributed by atoms with E-state index in [1.165, 1.54) is 13.0 Å². The van der Waals surface area contributed by atoms with Crippen LogP contribution >= 0.6 is 11.3 Å². The van der Waals surface area contributed by atoms with Gasteiger partial charge in [0.25, 0.3) is 10.0 Å². The van der Waals surface area contributed by atoms with E-state index in [4.69, 9.17) is 0 Å². The zero-order valence-electron chi connectivity index (χ0n) is 21.3. The highest BCUT2D eigenvalue weighted by Gasteiger charge is 2.41. The first-order valence-corrected chi connectivity index (χ1v) is 14.0. The predicted octanol–water partition coefficient (Wildman–Crippen LogP) is 1.32. The highest BCUT2D eigenvalue weighted by atomic mass is 32.2. The molecular weight excluding hydrogens is 596 g/mol. The molecule has 2 aromatic carbocycles. The Morgan fingerprint density at radius 2 is 1.57 bits per heavy atom. The van der Waals surface area contributed by atoms with Crippen LogP contribution in [0.5, 0.6) is 28.9 Å². The number of phenols is 4. The minimum atomic E-state index is -4.58. The number of ketones is 1. The van der Waals surface area contributed by atoms with Crippen LogP contribution in [-0.2, 0) is 20.6 Å². The standard InChI is InChI=1S/C26H22N2O12S2/c1-11(29)13-5-2-12(3-6-13)4-7-14-8-9-16(41-14)42(39,40)28-15(25(35)36)10-26(37,38)18-17-19(27-24(18)34)21(31)23(33)22(32)20(17)30/h2-3,5-6,8-9,15,27-28,30-34,37-38H,10H2,1H3,(H,35,36). The molecule has 4 aromatic rings. The van der Waals surface area contributed by atoms with Crippen molar-refractivity contribution < 1.29 is 58.9 Å². The number of aromatic nitrogens is 1. The number of benzene rings is 2. The van der Waals surface area contributed by atoms with E-state index < -0.39 is 79.6 Å². The zero-order valence-corrected chi connectivity index (χ0v) is 22.9. The van der Waals surface area contributed by atoms with Gasteiger partial charge in [-0.3, -0.25) is 9.59 Å². The molecule has 2 heterocycles. The van der Waals surface area contributed by atoms with Crippen LogP contribution in [0, 0.1) is 11.8 Å². The van der Waals surface area contributed by atoms with Crippen molar-refractivity contribution in [3.63, 3.8) is 0 Å². The van der Waals surface area contributed by atoms with Gasteiger partial charge in [-0.25, -0.2) is 8.42 Å². The van der Waals surface area contributed by atoms with Crippen molar-refractivity contribution in [3.05, 3.63) is 58.0 Å². The number of aliphatic hydroxyl groups is 2. The molecule has 0 saturated heterocycles. The Balaban J connectivity index is 1.60. The molecule has 0 bridgehead atoms. The van der Waals surface area contributed by atoms with Crippen LogP contribution in [-0.4, -0.2) is 72.0 Å². The summed E-state index contributed by atoms with van der Waals surface area (Å²) in [5, 5.41) is 80.4. The normalized spacial score (nSPS) is 12.5. The Bertz CT molecular complexity index is 1900. The Morgan fingerprint density at radius 1 is 0.952 bits per heavy atom.